The molecule has 2 aromatic carbocycles. The average molecular weight is 641 g/mol. The summed E-state index contributed by atoms with van der Waals surface area (Å²) in [6.45, 7) is 6.16. The molecule has 0 amide bonds. The molecule has 1 aliphatic heterocycles. The summed E-state index contributed by atoms with van der Waals surface area (Å²) in [5.41, 5.74) is 3.71. The molecule has 1 aliphatic rings. The number of hydrogen-bond acceptors (Lipinski definition) is 12. The number of nitrogens with one attached hydrogen (secondary N) is 3. The molecule has 48 heavy (non-hydrogen) atoms. The van der Waals surface area contributed by atoms with Crippen LogP contribution < -0.4 is 25.4 Å². The lowest BCUT2D eigenvalue weighted by Crippen LogP contribution is -2.44. The highest BCUT2D eigenvalue weighted by molar-refractivity contribution is 6.00. The molecule has 12 nitrogen and oxygen atoms in total. The van der Waals surface area contributed by atoms with Crippen molar-refractivity contribution in [3.63, 3.8) is 0 Å². The molecule has 12 heteroatoms. The highest BCUT2D eigenvalue weighted by Crippen LogP contribution is 2.33. The molecule has 4 aromatic heterocycles. The molecule has 5 heterocycles. The third-order valence-corrected chi connectivity index (χ3v) is 8.04. The Hall–Kier alpha value is -5.72. The molecule has 0 saturated carbocycles. The summed E-state index contributed by atoms with van der Waals surface area (Å²) in [6.07, 6.45) is 4.49. The van der Waals surface area contributed by atoms with Crippen molar-refractivity contribution >= 4 is 28.2 Å². The van der Waals surface area contributed by atoms with Crippen LogP contribution in [0, 0.1) is 0 Å². The molecular formula is C36H36N10O2. The lowest BCUT2D eigenvalue weighted by molar-refractivity contribution is 0.240. The minimum Gasteiger partial charge on any atom is -0.481 e. The van der Waals surface area contributed by atoms with E-state index in [0.29, 0.717) is 40.7 Å². The van der Waals surface area contributed by atoms with Crippen molar-refractivity contribution in [2.45, 2.75) is 6.42 Å². The van der Waals surface area contributed by atoms with Crippen molar-refractivity contribution in [1.82, 2.24) is 40.3 Å². The number of rotatable bonds is 12. The largest absolute Gasteiger partial charge is 0.481 e. The molecule has 1 fully saturated rings. The van der Waals surface area contributed by atoms with Gasteiger partial charge in [0, 0.05) is 67.6 Å². The minimum absolute atomic E-state index is 0.458. The van der Waals surface area contributed by atoms with Gasteiger partial charge in [-0.1, -0.05) is 30.3 Å². The van der Waals surface area contributed by atoms with E-state index in [-0.39, 0.29) is 0 Å². The third kappa shape index (κ3) is 7.30. The molecule has 242 valence electrons. The van der Waals surface area contributed by atoms with E-state index in [4.69, 9.17) is 14.5 Å². The standard InChI is InChI=1S/C36H36N10O2/c1-47-32-11-4-10-31(42-32)33-27-7-2-3-8-28(27)34(45-44-33)41-25-12-14-26(15-13-25)48-35-29(9-5-17-38-35)30-16-19-40-36(43-30)39-18-6-22-46-23-20-37-21-24-46/h2-5,7-17,19,37H,6,18,20-24H2,1H3,(H,41,45)(H,39,40,43). The Morgan fingerprint density at radius 2 is 1.65 bits per heavy atom. The monoisotopic (exact) mass is 640 g/mol. The van der Waals surface area contributed by atoms with Crippen molar-refractivity contribution in [1.29, 1.82) is 0 Å². The Bertz CT molecular complexity index is 1980. The molecule has 0 spiro atoms. The maximum Gasteiger partial charge on any atom is 0.228 e. The van der Waals surface area contributed by atoms with E-state index in [1.54, 1.807) is 25.6 Å². The van der Waals surface area contributed by atoms with Crippen LogP contribution in [0.25, 0.3) is 33.4 Å². The highest BCUT2D eigenvalue weighted by Gasteiger charge is 2.15. The van der Waals surface area contributed by atoms with Gasteiger partial charge in [0.15, 0.2) is 5.82 Å². The fraction of sp³-hybridized carbons (Fsp3) is 0.222. The number of fused-ring (bicyclic) bond motifs is 1. The van der Waals surface area contributed by atoms with E-state index in [2.05, 4.69) is 46.0 Å². The first-order chi connectivity index (χ1) is 23.7. The zero-order valence-corrected chi connectivity index (χ0v) is 26.6. The van der Waals surface area contributed by atoms with Gasteiger partial charge in [-0.05, 0) is 61.5 Å². The predicted octanol–water partition coefficient (Wildman–Crippen LogP) is 5.80. The third-order valence-electron chi connectivity index (χ3n) is 8.04. The van der Waals surface area contributed by atoms with Gasteiger partial charge in [-0.2, -0.15) is 0 Å². The maximum atomic E-state index is 6.25. The lowest BCUT2D eigenvalue weighted by Gasteiger charge is -2.27. The smallest absolute Gasteiger partial charge is 0.228 e. The Kier molecular flexibility index (Phi) is 9.53. The quantitative estimate of drug-likeness (QED) is 0.140. The molecular weight excluding hydrogens is 604 g/mol. The molecule has 0 bridgehead atoms. The number of methoxy groups -OCH3 is 1. The van der Waals surface area contributed by atoms with Gasteiger partial charge in [-0.3, -0.25) is 0 Å². The van der Waals surface area contributed by atoms with Crippen LogP contribution in [0.3, 0.4) is 0 Å². The normalized spacial score (nSPS) is 13.3. The number of anilines is 3. The summed E-state index contributed by atoms with van der Waals surface area (Å²) in [6, 6.07) is 26.9. The van der Waals surface area contributed by atoms with E-state index < -0.39 is 0 Å². The number of pyridine rings is 2. The number of nitrogens with zero attached hydrogens (tertiary/aromatic N) is 7. The Morgan fingerprint density at radius 1 is 0.792 bits per heavy atom. The average Bonchev–Trinajstić information content (AvgIpc) is 3.15. The van der Waals surface area contributed by atoms with Gasteiger partial charge in [0.2, 0.25) is 17.7 Å². The summed E-state index contributed by atoms with van der Waals surface area (Å²) in [7, 11) is 1.59. The number of ether oxygens (including phenoxy) is 2. The lowest BCUT2D eigenvalue weighted by atomic mass is 10.1. The van der Waals surface area contributed by atoms with Crippen LogP contribution >= 0.6 is 0 Å². The van der Waals surface area contributed by atoms with E-state index in [1.165, 1.54) is 0 Å². The predicted molar refractivity (Wildman–Crippen MR) is 187 cm³/mol. The SMILES string of the molecule is COc1cccc(-c2nnc(Nc3ccc(Oc4ncccc4-c4ccnc(NCCCN5CCNCC5)n4)cc3)c3ccccc23)n1. The summed E-state index contributed by atoms with van der Waals surface area (Å²) < 4.78 is 11.6. The van der Waals surface area contributed by atoms with Gasteiger partial charge in [-0.25, -0.2) is 19.9 Å². The van der Waals surface area contributed by atoms with Gasteiger partial charge >= 0.3 is 0 Å². The molecule has 6 aromatic rings. The van der Waals surface area contributed by atoms with E-state index in [1.807, 2.05) is 78.9 Å². The summed E-state index contributed by atoms with van der Waals surface area (Å²) in [5.74, 6) is 2.83. The van der Waals surface area contributed by atoms with Crippen LogP contribution in [0.4, 0.5) is 17.5 Å². The zero-order valence-electron chi connectivity index (χ0n) is 26.6. The summed E-state index contributed by atoms with van der Waals surface area (Å²) >= 11 is 0. The van der Waals surface area contributed by atoms with Gasteiger partial charge in [0.1, 0.15) is 11.4 Å². The first-order valence-corrected chi connectivity index (χ1v) is 16.0. The molecule has 7 rings (SSSR count). The number of aromatic nitrogens is 6. The van der Waals surface area contributed by atoms with Crippen molar-refractivity contribution in [2.75, 3.05) is 57.0 Å². The topological polar surface area (TPSA) is 135 Å². The Morgan fingerprint density at radius 3 is 2.50 bits per heavy atom. The first-order valence-electron chi connectivity index (χ1n) is 16.0. The number of piperazine rings is 1. The summed E-state index contributed by atoms with van der Waals surface area (Å²) in [4.78, 5) is 20.7. The second-order valence-corrected chi connectivity index (χ2v) is 11.3. The fourth-order valence-electron chi connectivity index (χ4n) is 5.60. The van der Waals surface area contributed by atoms with Gasteiger partial charge in [0.25, 0.3) is 0 Å². The minimum atomic E-state index is 0.458. The maximum absolute atomic E-state index is 6.25. The van der Waals surface area contributed by atoms with E-state index in [0.717, 1.165) is 73.4 Å². The van der Waals surface area contributed by atoms with Crippen LogP contribution in [-0.2, 0) is 0 Å². The van der Waals surface area contributed by atoms with E-state index in [9.17, 15) is 0 Å². The second-order valence-electron chi connectivity index (χ2n) is 11.3. The van der Waals surface area contributed by atoms with Crippen molar-refractivity contribution in [3.05, 3.63) is 97.3 Å². The Labute approximate surface area is 278 Å². The highest BCUT2D eigenvalue weighted by atomic mass is 16.5. The van der Waals surface area contributed by atoms with Gasteiger partial charge in [0.05, 0.1) is 24.1 Å². The van der Waals surface area contributed by atoms with Crippen molar-refractivity contribution in [2.24, 2.45) is 0 Å². The van der Waals surface area contributed by atoms with Gasteiger partial charge < -0.3 is 30.3 Å². The van der Waals surface area contributed by atoms with Crippen LogP contribution in [0.1, 0.15) is 6.42 Å². The van der Waals surface area contributed by atoms with Crippen LogP contribution in [0.2, 0.25) is 0 Å². The number of hydrogen-bond donors (Lipinski definition) is 3. The van der Waals surface area contributed by atoms with Crippen LogP contribution in [0.5, 0.6) is 17.5 Å². The molecule has 0 aliphatic carbocycles. The molecule has 0 unspecified atom stereocenters. The second kappa shape index (κ2) is 14.8. The van der Waals surface area contributed by atoms with Gasteiger partial charge in [-0.15, -0.1) is 10.2 Å². The molecule has 0 radical (unpaired) electrons. The van der Waals surface area contributed by atoms with Crippen molar-refractivity contribution in [3.8, 4) is 40.2 Å². The Balaban J connectivity index is 1.03. The molecule has 0 atom stereocenters. The van der Waals surface area contributed by atoms with E-state index >= 15 is 0 Å². The van der Waals surface area contributed by atoms with Crippen LogP contribution in [-0.4, -0.2) is 81.4 Å². The summed E-state index contributed by atoms with van der Waals surface area (Å²) in [5, 5.41) is 21.1. The zero-order chi connectivity index (χ0) is 32.5. The van der Waals surface area contributed by atoms with Crippen LogP contribution in [0.15, 0.2) is 97.3 Å². The first kappa shape index (κ1) is 30.9. The fourth-order valence-corrected chi connectivity index (χ4v) is 5.60. The molecule has 1 saturated heterocycles. The molecule has 3 N–H and O–H groups in total. The van der Waals surface area contributed by atoms with Crippen molar-refractivity contribution < 1.29 is 9.47 Å². The number of benzene rings is 2.